The molecule has 46 heavy (non-hydrogen) atoms. The van der Waals surface area contributed by atoms with E-state index >= 15 is 0 Å². The number of H-pyrrole nitrogens is 1. The van der Waals surface area contributed by atoms with Gasteiger partial charge in [-0.3, -0.25) is 9.69 Å². The Kier molecular flexibility index (Phi) is 18.5. The second-order valence-electron chi connectivity index (χ2n) is 11.3. The maximum atomic E-state index is 12.3. The fraction of sp³-hybridized carbons (Fsp3) is 0.583. The van der Waals surface area contributed by atoms with E-state index in [9.17, 15) is 4.79 Å². The van der Waals surface area contributed by atoms with Gasteiger partial charge >= 0.3 is 0 Å². The second-order valence-corrected chi connectivity index (χ2v) is 11.3. The van der Waals surface area contributed by atoms with Crippen molar-refractivity contribution in [3.8, 4) is 11.5 Å². The number of aromatic nitrogens is 1. The van der Waals surface area contributed by atoms with Crippen LogP contribution in [-0.2, 0) is 19.0 Å². The van der Waals surface area contributed by atoms with Crippen LogP contribution in [0.1, 0.15) is 77.6 Å². The molecule has 254 valence electrons. The van der Waals surface area contributed by atoms with Gasteiger partial charge in [-0.15, -0.1) is 5.11 Å². The number of fused-ring (bicyclic) bond motifs is 1. The number of unbranched alkanes of at least 4 members (excludes halogenated alkanes) is 9. The van der Waals surface area contributed by atoms with Crippen molar-refractivity contribution in [1.82, 2.24) is 4.98 Å². The molecule has 10 heteroatoms. The van der Waals surface area contributed by atoms with E-state index in [1.165, 1.54) is 57.8 Å². The maximum Gasteiger partial charge on any atom is 0.215 e. The Morgan fingerprint density at radius 2 is 1.37 bits per heavy atom. The van der Waals surface area contributed by atoms with Crippen molar-refractivity contribution in [2.75, 3.05) is 65.3 Å². The molecule has 0 saturated carbocycles. The van der Waals surface area contributed by atoms with Gasteiger partial charge in [-0.1, -0.05) is 64.7 Å². The predicted molar refractivity (Wildman–Crippen MR) is 184 cm³/mol. The van der Waals surface area contributed by atoms with Crippen LogP contribution in [-0.4, -0.2) is 71.8 Å². The molecule has 10 nitrogen and oxygen atoms in total. The Morgan fingerprint density at radius 3 is 2.07 bits per heavy atom. The number of rotatable bonds is 27. The summed E-state index contributed by atoms with van der Waals surface area (Å²) >= 11 is 0. The number of nitrogens with one attached hydrogen (secondary N) is 1. The monoisotopic (exact) mass is 638 g/mol. The molecule has 1 heterocycles. The standard InChI is InChI=1S/C36H54N4O6/c1-4-5-6-7-8-9-10-11-12-13-22-44-23-14-21-40(29-41)36-35(39-38-30-15-17-31(43-3)18-16-30)33-28-32(19-20-34(33)37-36)46-27-26-45-25-24-42-2/h15-20,28-29,37H,4-14,21-27H2,1-3H3. The van der Waals surface area contributed by atoms with E-state index in [1.54, 1.807) is 19.1 Å². The van der Waals surface area contributed by atoms with E-state index in [0.717, 1.165) is 36.1 Å². The Hall–Kier alpha value is -3.47. The van der Waals surface area contributed by atoms with E-state index in [0.29, 0.717) is 68.9 Å². The summed E-state index contributed by atoms with van der Waals surface area (Å²) in [6, 6.07) is 13.0. The SMILES string of the molecule is CCCCCCCCCCCCOCCCN(C=O)c1[nH]c2ccc(OCCOCCOC)cc2c1N=Nc1ccc(OC)cc1. The van der Waals surface area contributed by atoms with Crippen LogP contribution in [0.15, 0.2) is 52.7 Å². The molecule has 0 fully saturated rings. The Morgan fingerprint density at radius 1 is 0.717 bits per heavy atom. The zero-order chi connectivity index (χ0) is 32.7. The highest BCUT2D eigenvalue weighted by molar-refractivity contribution is 6.01. The Balaban J connectivity index is 1.56. The van der Waals surface area contributed by atoms with Crippen LogP contribution < -0.4 is 14.4 Å². The molecular weight excluding hydrogens is 584 g/mol. The first-order valence-corrected chi connectivity index (χ1v) is 16.9. The summed E-state index contributed by atoms with van der Waals surface area (Å²) in [5.41, 5.74) is 2.05. The minimum atomic E-state index is 0.398. The number of azo groups is 1. The quantitative estimate of drug-likeness (QED) is 0.0508. The van der Waals surface area contributed by atoms with Gasteiger partial charge in [-0.2, -0.15) is 5.11 Å². The fourth-order valence-electron chi connectivity index (χ4n) is 5.11. The molecule has 1 aromatic heterocycles. The van der Waals surface area contributed by atoms with Crippen LogP contribution in [0.25, 0.3) is 10.9 Å². The molecule has 0 saturated heterocycles. The van der Waals surface area contributed by atoms with E-state index in [-0.39, 0.29) is 0 Å². The predicted octanol–water partition coefficient (Wildman–Crippen LogP) is 8.92. The first-order valence-electron chi connectivity index (χ1n) is 16.9. The first kappa shape index (κ1) is 37.0. The smallest absolute Gasteiger partial charge is 0.215 e. The van der Waals surface area contributed by atoms with Crippen LogP contribution >= 0.6 is 0 Å². The number of amides is 1. The minimum absolute atomic E-state index is 0.398. The zero-order valence-electron chi connectivity index (χ0n) is 28.1. The van der Waals surface area contributed by atoms with Gasteiger partial charge in [0.15, 0.2) is 0 Å². The summed E-state index contributed by atoms with van der Waals surface area (Å²) in [6.07, 6.45) is 14.6. The van der Waals surface area contributed by atoms with Gasteiger partial charge in [-0.05, 0) is 55.3 Å². The summed E-state index contributed by atoms with van der Waals surface area (Å²) in [6.45, 7) is 6.00. The number of anilines is 1. The number of hydrogen-bond donors (Lipinski definition) is 1. The maximum absolute atomic E-state index is 12.3. The largest absolute Gasteiger partial charge is 0.497 e. The van der Waals surface area contributed by atoms with E-state index in [4.69, 9.17) is 23.7 Å². The van der Waals surface area contributed by atoms with Crippen LogP contribution in [0.3, 0.4) is 0 Å². The third-order valence-electron chi connectivity index (χ3n) is 7.73. The molecule has 0 radical (unpaired) electrons. The number of methoxy groups -OCH3 is 2. The molecule has 0 bridgehead atoms. The van der Waals surface area contributed by atoms with Gasteiger partial charge in [0.25, 0.3) is 0 Å². The summed E-state index contributed by atoms with van der Waals surface area (Å²) < 4.78 is 27.6. The van der Waals surface area contributed by atoms with Crippen molar-refractivity contribution in [1.29, 1.82) is 0 Å². The normalized spacial score (nSPS) is 11.5. The highest BCUT2D eigenvalue weighted by Gasteiger charge is 2.18. The van der Waals surface area contributed by atoms with E-state index in [2.05, 4.69) is 22.1 Å². The van der Waals surface area contributed by atoms with Crippen molar-refractivity contribution in [3.63, 3.8) is 0 Å². The van der Waals surface area contributed by atoms with Crippen LogP contribution in [0.2, 0.25) is 0 Å². The van der Waals surface area contributed by atoms with Crippen molar-refractivity contribution in [3.05, 3.63) is 42.5 Å². The lowest BCUT2D eigenvalue weighted by atomic mass is 10.1. The van der Waals surface area contributed by atoms with Gasteiger partial charge < -0.3 is 28.7 Å². The molecule has 2 aromatic carbocycles. The summed E-state index contributed by atoms with van der Waals surface area (Å²) in [7, 11) is 3.26. The van der Waals surface area contributed by atoms with Crippen molar-refractivity contribution in [2.24, 2.45) is 10.2 Å². The molecule has 1 amide bonds. The van der Waals surface area contributed by atoms with Crippen molar-refractivity contribution < 1.29 is 28.5 Å². The van der Waals surface area contributed by atoms with E-state index < -0.39 is 0 Å². The van der Waals surface area contributed by atoms with Crippen LogP contribution in [0.4, 0.5) is 17.2 Å². The average molecular weight is 639 g/mol. The van der Waals surface area contributed by atoms with Gasteiger partial charge in [-0.25, -0.2) is 0 Å². The molecule has 3 aromatic rings. The molecule has 3 rings (SSSR count). The average Bonchev–Trinajstić information content (AvgIpc) is 3.44. The topological polar surface area (TPSA) is 107 Å². The molecule has 0 aliphatic carbocycles. The molecule has 0 aliphatic heterocycles. The number of nitrogens with zero attached hydrogens (tertiary/aromatic N) is 3. The number of carbonyl (C=O) groups is 1. The highest BCUT2D eigenvalue weighted by atomic mass is 16.5. The Labute approximate surface area is 274 Å². The fourth-order valence-corrected chi connectivity index (χ4v) is 5.11. The molecular formula is C36H54N4O6. The van der Waals surface area contributed by atoms with Crippen LogP contribution in [0.5, 0.6) is 11.5 Å². The summed E-state index contributed by atoms with van der Waals surface area (Å²) in [4.78, 5) is 17.3. The van der Waals surface area contributed by atoms with Gasteiger partial charge in [0.05, 0.1) is 32.6 Å². The van der Waals surface area contributed by atoms with Crippen molar-refractivity contribution >= 4 is 34.5 Å². The number of carbonyl (C=O) groups excluding carboxylic acids is 1. The minimum Gasteiger partial charge on any atom is -0.497 e. The third kappa shape index (κ3) is 13.5. The third-order valence-corrected chi connectivity index (χ3v) is 7.73. The molecule has 1 N–H and O–H groups in total. The molecule has 0 aliphatic rings. The lowest BCUT2D eigenvalue weighted by Gasteiger charge is -2.16. The lowest BCUT2D eigenvalue weighted by molar-refractivity contribution is -0.107. The van der Waals surface area contributed by atoms with Crippen molar-refractivity contribution in [2.45, 2.75) is 77.6 Å². The highest BCUT2D eigenvalue weighted by Crippen LogP contribution is 2.39. The number of benzene rings is 2. The summed E-state index contributed by atoms with van der Waals surface area (Å²) in [5, 5.41) is 9.87. The lowest BCUT2D eigenvalue weighted by Crippen LogP contribution is -2.24. The van der Waals surface area contributed by atoms with E-state index in [1.807, 2.05) is 42.5 Å². The molecule has 0 atom stereocenters. The molecule has 0 spiro atoms. The first-order chi connectivity index (χ1) is 22.7. The number of aromatic amines is 1. The van der Waals surface area contributed by atoms with Gasteiger partial charge in [0, 0.05) is 37.8 Å². The van der Waals surface area contributed by atoms with Crippen LogP contribution in [0, 0.1) is 0 Å². The summed E-state index contributed by atoms with van der Waals surface area (Å²) in [5.74, 6) is 1.99. The van der Waals surface area contributed by atoms with Gasteiger partial charge in [0.2, 0.25) is 6.41 Å². The number of ether oxygens (including phenoxy) is 5. The molecule has 0 unspecified atom stereocenters. The second kappa shape index (κ2) is 22.9. The number of hydrogen-bond acceptors (Lipinski definition) is 8. The van der Waals surface area contributed by atoms with Gasteiger partial charge in [0.1, 0.15) is 29.6 Å². The Bertz CT molecular complexity index is 1260. The zero-order valence-corrected chi connectivity index (χ0v) is 28.1.